The van der Waals surface area contributed by atoms with Crippen LogP contribution < -0.4 is 16.2 Å². The molecule has 4 aromatic rings. The number of aromatic amines is 1. The van der Waals surface area contributed by atoms with Gasteiger partial charge in [0.15, 0.2) is 0 Å². The third kappa shape index (κ3) is 5.48. The molecule has 0 aliphatic heterocycles. The van der Waals surface area contributed by atoms with Crippen LogP contribution in [0.1, 0.15) is 34.1 Å². The van der Waals surface area contributed by atoms with Gasteiger partial charge in [0.2, 0.25) is 5.91 Å². The summed E-state index contributed by atoms with van der Waals surface area (Å²) in [7, 11) is 0. The maximum absolute atomic E-state index is 12.7. The van der Waals surface area contributed by atoms with Gasteiger partial charge in [-0.15, -0.1) is 0 Å². The van der Waals surface area contributed by atoms with Crippen LogP contribution in [0.3, 0.4) is 0 Å². The second-order valence-electron chi connectivity index (χ2n) is 7.65. The van der Waals surface area contributed by atoms with E-state index in [4.69, 9.17) is 11.6 Å². The van der Waals surface area contributed by atoms with E-state index >= 15 is 0 Å². The van der Waals surface area contributed by atoms with E-state index in [1.165, 1.54) is 29.8 Å². The fraction of sp³-hybridized carbons (Fsp3) is 0.167. The van der Waals surface area contributed by atoms with Crippen molar-refractivity contribution < 1.29 is 9.59 Å². The van der Waals surface area contributed by atoms with E-state index in [9.17, 15) is 14.4 Å². The first kappa shape index (κ1) is 22.3. The summed E-state index contributed by atoms with van der Waals surface area (Å²) in [5.74, 6) is -0.413. The number of hydrogen-bond donors (Lipinski definition) is 3. The second-order valence-corrected chi connectivity index (χ2v) is 8.06. The van der Waals surface area contributed by atoms with Gasteiger partial charge in [-0.25, -0.2) is 0 Å². The van der Waals surface area contributed by atoms with E-state index < -0.39 is 0 Å². The molecule has 0 saturated carbocycles. The van der Waals surface area contributed by atoms with Crippen molar-refractivity contribution >= 4 is 34.3 Å². The van der Waals surface area contributed by atoms with Gasteiger partial charge in [-0.1, -0.05) is 23.7 Å². The first-order valence-electron chi connectivity index (χ1n) is 10.3. The molecule has 168 valence electrons. The number of carbonyl (C=O) groups is 2. The topological polar surface area (TPSA) is 109 Å². The minimum atomic E-state index is -0.284. The Morgan fingerprint density at radius 1 is 1.06 bits per heavy atom. The molecule has 3 heterocycles. The quantitative estimate of drug-likeness (QED) is 0.391. The molecule has 0 spiro atoms. The van der Waals surface area contributed by atoms with E-state index in [1.54, 1.807) is 18.5 Å². The highest BCUT2D eigenvalue weighted by atomic mass is 35.5. The Labute approximate surface area is 194 Å². The van der Waals surface area contributed by atoms with Crippen molar-refractivity contribution in [3.8, 4) is 0 Å². The Balaban J connectivity index is 1.42. The van der Waals surface area contributed by atoms with Crippen LogP contribution in [0.15, 0.2) is 65.8 Å². The Hall–Kier alpha value is -3.91. The van der Waals surface area contributed by atoms with Gasteiger partial charge in [-0.3, -0.25) is 19.4 Å². The van der Waals surface area contributed by atoms with Crippen LogP contribution in [0, 0.1) is 0 Å². The number of halogens is 1. The van der Waals surface area contributed by atoms with Crippen molar-refractivity contribution in [1.29, 1.82) is 0 Å². The predicted octanol–water partition coefficient (Wildman–Crippen LogP) is 2.99. The van der Waals surface area contributed by atoms with Gasteiger partial charge >= 0.3 is 0 Å². The molecule has 0 fully saturated rings. The molecule has 8 nitrogen and oxygen atoms in total. The lowest BCUT2D eigenvalue weighted by Crippen LogP contribution is -2.26. The van der Waals surface area contributed by atoms with Crippen molar-refractivity contribution in [2.24, 2.45) is 0 Å². The van der Waals surface area contributed by atoms with Crippen molar-refractivity contribution in [3.63, 3.8) is 0 Å². The number of pyridine rings is 2. The SMILES string of the molecule is CC(=O)NCc1ccc(Cn2cc(C(=O)NCc3ccc4[nH]cc(Cl)c4c3)ccc2=O)cn1. The molecule has 0 radical (unpaired) electrons. The highest BCUT2D eigenvalue weighted by molar-refractivity contribution is 6.35. The van der Waals surface area contributed by atoms with Crippen LogP contribution in [0.5, 0.6) is 0 Å². The van der Waals surface area contributed by atoms with Crippen molar-refractivity contribution in [2.75, 3.05) is 0 Å². The normalized spacial score (nSPS) is 10.8. The molecule has 0 unspecified atom stereocenters. The Morgan fingerprint density at radius 3 is 2.64 bits per heavy atom. The van der Waals surface area contributed by atoms with Gasteiger partial charge in [0.05, 0.1) is 29.4 Å². The minimum absolute atomic E-state index is 0.128. The van der Waals surface area contributed by atoms with Crippen molar-refractivity contribution in [1.82, 2.24) is 25.2 Å². The summed E-state index contributed by atoms with van der Waals surface area (Å²) in [5, 5.41) is 7.09. The molecule has 0 atom stereocenters. The van der Waals surface area contributed by atoms with Crippen LogP contribution in [-0.4, -0.2) is 26.3 Å². The molecular weight excluding hydrogens is 442 g/mol. The van der Waals surface area contributed by atoms with E-state index in [-0.39, 0.29) is 23.9 Å². The molecule has 0 aliphatic carbocycles. The van der Waals surface area contributed by atoms with Gasteiger partial charge in [0, 0.05) is 49.0 Å². The first-order chi connectivity index (χ1) is 15.9. The number of rotatable bonds is 7. The lowest BCUT2D eigenvalue weighted by atomic mass is 10.1. The van der Waals surface area contributed by atoms with Crippen LogP contribution >= 0.6 is 11.6 Å². The molecule has 4 rings (SSSR count). The van der Waals surface area contributed by atoms with E-state index in [0.717, 1.165) is 22.0 Å². The van der Waals surface area contributed by atoms with Gasteiger partial charge in [0.25, 0.3) is 11.5 Å². The molecule has 2 amide bonds. The number of carbonyl (C=O) groups excluding carboxylic acids is 2. The van der Waals surface area contributed by atoms with E-state index in [0.29, 0.717) is 29.4 Å². The third-order valence-corrected chi connectivity index (χ3v) is 5.46. The first-order valence-corrected chi connectivity index (χ1v) is 10.7. The summed E-state index contributed by atoms with van der Waals surface area (Å²) in [5.41, 5.74) is 3.52. The number of aromatic nitrogens is 3. The summed E-state index contributed by atoms with van der Waals surface area (Å²) in [6, 6.07) is 12.3. The second kappa shape index (κ2) is 9.70. The zero-order valence-electron chi connectivity index (χ0n) is 17.9. The van der Waals surface area contributed by atoms with E-state index in [1.807, 2.05) is 24.3 Å². The average Bonchev–Trinajstić information content (AvgIpc) is 3.18. The number of fused-ring (bicyclic) bond motifs is 1. The highest BCUT2D eigenvalue weighted by Gasteiger charge is 2.09. The largest absolute Gasteiger partial charge is 0.360 e. The molecule has 0 aliphatic rings. The Bertz CT molecular complexity index is 1380. The van der Waals surface area contributed by atoms with Gasteiger partial charge < -0.3 is 20.2 Å². The monoisotopic (exact) mass is 463 g/mol. The van der Waals surface area contributed by atoms with Gasteiger partial charge in [-0.05, 0) is 35.4 Å². The molecular formula is C24H22ClN5O3. The highest BCUT2D eigenvalue weighted by Crippen LogP contribution is 2.23. The van der Waals surface area contributed by atoms with Crippen LogP contribution in [0.4, 0.5) is 0 Å². The summed E-state index contributed by atoms with van der Waals surface area (Å²) in [6.45, 7) is 2.39. The fourth-order valence-electron chi connectivity index (χ4n) is 3.38. The predicted molar refractivity (Wildman–Crippen MR) is 126 cm³/mol. The lowest BCUT2D eigenvalue weighted by Gasteiger charge is -2.10. The maximum Gasteiger partial charge on any atom is 0.253 e. The Kier molecular flexibility index (Phi) is 6.55. The lowest BCUT2D eigenvalue weighted by molar-refractivity contribution is -0.119. The maximum atomic E-state index is 12.7. The van der Waals surface area contributed by atoms with Crippen molar-refractivity contribution in [3.05, 3.63) is 98.8 Å². The smallest absolute Gasteiger partial charge is 0.253 e. The van der Waals surface area contributed by atoms with Gasteiger partial charge in [0.1, 0.15) is 0 Å². The molecule has 0 bridgehead atoms. The van der Waals surface area contributed by atoms with Gasteiger partial charge in [-0.2, -0.15) is 0 Å². The van der Waals surface area contributed by atoms with Crippen LogP contribution in [0.25, 0.3) is 10.9 Å². The molecule has 33 heavy (non-hydrogen) atoms. The number of benzene rings is 1. The molecule has 9 heteroatoms. The number of nitrogens with zero attached hydrogens (tertiary/aromatic N) is 2. The zero-order valence-corrected chi connectivity index (χ0v) is 18.6. The minimum Gasteiger partial charge on any atom is -0.360 e. The number of hydrogen-bond acceptors (Lipinski definition) is 4. The summed E-state index contributed by atoms with van der Waals surface area (Å²) < 4.78 is 1.46. The number of amides is 2. The number of nitrogens with one attached hydrogen (secondary N) is 3. The zero-order chi connectivity index (χ0) is 23.4. The molecule has 0 saturated heterocycles. The summed E-state index contributed by atoms with van der Waals surface area (Å²) >= 11 is 6.17. The molecule has 3 aromatic heterocycles. The van der Waals surface area contributed by atoms with Crippen LogP contribution in [0.2, 0.25) is 5.02 Å². The van der Waals surface area contributed by atoms with Crippen LogP contribution in [-0.2, 0) is 24.4 Å². The number of H-pyrrole nitrogens is 1. The Morgan fingerprint density at radius 2 is 1.88 bits per heavy atom. The van der Waals surface area contributed by atoms with E-state index in [2.05, 4.69) is 20.6 Å². The standard InChI is InChI=1S/C24H22ClN5O3/c1-15(31)26-11-19-5-2-17(10-27-19)13-30-14-18(4-7-23(30)32)24(33)29-9-16-3-6-22-20(8-16)21(25)12-28-22/h2-8,10,12,14,28H,9,11,13H2,1H3,(H,26,31)(H,29,33). The third-order valence-electron chi connectivity index (χ3n) is 5.15. The summed E-state index contributed by atoms with van der Waals surface area (Å²) in [4.78, 5) is 43.4. The molecule has 3 N–H and O–H groups in total. The molecule has 1 aromatic carbocycles. The summed E-state index contributed by atoms with van der Waals surface area (Å²) in [6.07, 6.45) is 4.91. The van der Waals surface area contributed by atoms with Crippen molar-refractivity contribution in [2.45, 2.75) is 26.6 Å². The average molecular weight is 464 g/mol. The fourth-order valence-corrected chi connectivity index (χ4v) is 3.59.